The summed E-state index contributed by atoms with van der Waals surface area (Å²) >= 11 is 2.01. The summed E-state index contributed by atoms with van der Waals surface area (Å²) in [4.78, 5) is 4.86. The van der Waals surface area contributed by atoms with E-state index in [1.165, 1.54) is 11.3 Å². The van der Waals surface area contributed by atoms with Gasteiger partial charge in [-0.15, -0.1) is 0 Å². The highest BCUT2D eigenvalue weighted by atomic mass is 32.2. The van der Waals surface area contributed by atoms with Crippen LogP contribution in [0.1, 0.15) is 33.0 Å². The van der Waals surface area contributed by atoms with Crippen molar-refractivity contribution in [3.05, 3.63) is 30.1 Å². The molecular weight excluding hydrogens is 278 g/mol. The largest absolute Gasteiger partial charge is 0.328 e. The number of aryl methyl sites for hydroxylation is 1. The van der Waals surface area contributed by atoms with Crippen LogP contribution >= 0.6 is 11.8 Å². The van der Waals surface area contributed by atoms with Gasteiger partial charge in [-0.2, -0.15) is 11.8 Å². The van der Waals surface area contributed by atoms with Crippen molar-refractivity contribution in [1.82, 2.24) is 14.9 Å². The molecule has 0 aliphatic carbocycles. The fourth-order valence-electron chi connectivity index (χ4n) is 2.53. The quantitative estimate of drug-likeness (QED) is 0.806. The van der Waals surface area contributed by atoms with Crippen molar-refractivity contribution >= 4 is 22.8 Å². The molecule has 2 rings (SSSR count). The molecule has 0 spiro atoms. The van der Waals surface area contributed by atoms with E-state index in [4.69, 9.17) is 4.98 Å². The van der Waals surface area contributed by atoms with E-state index in [2.05, 4.69) is 62.0 Å². The third-order valence-corrected chi connectivity index (χ3v) is 4.91. The first-order chi connectivity index (χ1) is 10.2. The van der Waals surface area contributed by atoms with Gasteiger partial charge in [-0.1, -0.05) is 32.9 Å². The first-order valence-electron chi connectivity index (χ1n) is 7.88. The first kappa shape index (κ1) is 16.4. The van der Waals surface area contributed by atoms with Gasteiger partial charge in [-0.25, -0.2) is 4.98 Å². The first-order valence-corrected chi connectivity index (χ1v) is 8.93. The van der Waals surface area contributed by atoms with E-state index < -0.39 is 0 Å². The minimum absolute atomic E-state index is 0.477. The van der Waals surface area contributed by atoms with Crippen molar-refractivity contribution in [1.29, 1.82) is 0 Å². The number of nitrogens with zero attached hydrogens (tertiary/aromatic N) is 2. The standard InChI is InChI=1S/C17H27N3S/c1-5-10-20-16-9-7-6-8-15(16)19-17(20)11-14(18-4)12-21-13(2)3/h6-9,13-14,18H,5,10-12H2,1-4H3. The van der Waals surface area contributed by atoms with E-state index in [0.717, 1.165) is 30.7 Å². The molecule has 21 heavy (non-hydrogen) atoms. The van der Waals surface area contributed by atoms with Gasteiger partial charge >= 0.3 is 0 Å². The maximum absolute atomic E-state index is 4.86. The molecule has 1 atom stereocenters. The number of thioether (sulfide) groups is 1. The van der Waals surface area contributed by atoms with Crippen LogP contribution < -0.4 is 5.32 Å². The van der Waals surface area contributed by atoms with Gasteiger partial charge in [0.05, 0.1) is 11.0 Å². The second-order valence-electron chi connectivity index (χ2n) is 5.74. The van der Waals surface area contributed by atoms with Gasteiger partial charge in [0.15, 0.2) is 0 Å². The number of hydrogen-bond donors (Lipinski definition) is 1. The Balaban J connectivity index is 2.21. The van der Waals surface area contributed by atoms with Crippen LogP contribution in [0.2, 0.25) is 0 Å². The Kier molecular flexibility index (Phi) is 6.12. The maximum atomic E-state index is 4.86. The molecule has 0 fully saturated rings. The lowest BCUT2D eigenvalue weighted by atomic mass is 10.2. The summed E-state index contributed by atoms with van der Waals surface area (Å²) in [5.41, 5.74) is 2.38. The number of benzene rings is 1. The second kappa shape index (κ2) is 7.85. The van der Waals surface area contributed by atoms with Gasteiger partial charge in [-0.05, 0) is 30.9 Å². The van der Waals surface area contributed by atoms with E-state index in [-0.39, 0.29) is 0 Å². The summed E-state index contributed by atoms with van der Waals surface area (Å²) in [6.45, 7) is 7.78. The summed E-state index contributed by atoms with van der Waals surface area (Å²) in [6.07, 6.45) is 2.13. The molecule has 0 bridgehead atoms. The van der Waals surface area contributed by atoms with Crippen molar-refractivity contribution < 1.29 is 0 Å². The molecule has 1 unspecified atom stereocenters. The van der Waals surface area contributed by atoms with Crippen molar-refractivity contribution in [2.75, 3.05) is 12.8 Å². The molecule has 2 aromatic rings. The predicted octanol–water partition coefficient (Wildman–Crippen LogP) is 3.72. The van der Waals surface area contributed by atoms with Crippen LogP contribution in [0.5, 0.6) is 0 Å². The third-order valence-electron chi connectivity index (χ3n) is 3.65. The molecule has 1 aromatic heterocycles. The second-order valence-corrected chi connectivity index (χ2v) is 7.35. The van der Waals surface area contributed by atoms with Crippen LogP contribution in [0.15, 0.2) is 24.3 Å². The summed E-state index contributed by atoms with van der Waals surface area (Å²) in [7, 11) is 2.05. The summed E-state index contributed by atoms with van der Waals surface area (Å²) in [6, 6.07) is 8.94. The van der Waals surface area contributed by atoms with E-state index in [1.54, 1.807) is 0 Å². The molecule has 1 heterocycles. The predicted molar refractivity (Wildman–Crippen MR) is 94.2 cm³/mol. The smallest absolute Gasteiger partial charge is 0.111 e. The van der Waals surface area contributed by atoms with Gasteiger partial charge < -0.3 is 9.88 Å². The fourth-order valence-corrected chi connectivity index (χ4v) is 3.43. The number of para-hydroxylation sites is 2. The Morgan fingerprint density at radius 2 is 2.05 bits per heavy atom. The number of aromatic nitrogens is 2. The Labute approximate surface area is 132 Å². The average molecular weight is 305 g/mol. The monoisotopic (exact) mass is 305 g/mol. The van der Waals surface area contributed by atoms with Crippen LogP contribution in [-0.2, 0) is 13.0 Å². The molecule has 4 heteroatoms. The fraction of sp³-hybridized carbons (Fsp3) is 0.588. The summed E-state index contributed by atoms with van der Waals surface area (Å²) in [5.74, 6) is 2.34. The highest BCUT2D eigenvalue weighted by Gasteiger charge is 2.15. The molecule has 0 saturated carbocycles. The molecule has 116 valence electrons. The molecule has 0 aliphatic heterocycles. The normalized spacial score (nSPS) is 13.2. The Bertz CT molecular complexity index is 562. The third kappa shape index (κ3) is 4.24. The Morgan fingerprint density at radius 3 is 2.71 bits per heavy atom. The maximum Gasteiger partial charge on any atom is 0.111 e. The van der Waals surface area contributed by atoms with Crippen LogP contribution in [0.25, 0.3) is 11.0 Å². The molecule has 3 nitrogen and oxygen atoms in total. The lowest BCUT2D eigenvalue weighted by molar-refractivity contribution is 0.566. The van der Waals surface area contributed by atoms with Crippen molar-refractivity contribution in [3.8, 4) is 0 Å². The topological polar surface area (TPSA) is 29.9 Å². The van der Waals surface area contributed by atoms with Crippen molar-refractivity contribution in [2.24, 2.45) is 0 Å². The highest BCUT2D eigenvalue weighted by Crippen LogP contribution is 2.19. The van der Waals surface area contributed by atoms with E-state index in [0.29, 0.717) is 11.3 Å². The van der Waals surface area contributed by atoms with Crippen LogP contribution in [-0.4, -0.2) is 33.6 Å². The number of nitrogens with one attached hydrogen (secondary N) is 1. The summed E-state index contributed by atoms with van der Waals surface area (Å²) in [5, 5.41) is 4.12. The number of hydrogen-bond acceptors (Lipinski definition) is 3. The minimum atomic E-state index is 0.477. The molecule has 0 radical (unpaired) electrons. The van der Waals surface area contributed by atoms with Crippen LogP contribution in [0.3, 0.4) is 0 Å². The zero-order valence-electron chi connectivity index (χ0n) is 13.6. The lowest BCUT2D eigenvalue weighted by Gasteiger charge is -2.17. The van der Waals surface area contributed by atoms with Gasteiger partial charge in [0.2, 0.25) is 0 Å². The highest BCUT2D eigenvalue weighted by molar-refractivity contribution is 7.99. The number of rotatable bonds is 8. The SMILES string of the molecule is CCCn1c(CC(CSC(C)C)NC)nc2ccccc21. The molecule has 0 saturated heterocycles. The molecule has 0 aliphatic rings. The van der Waals surface area contributed by atoms with Crippen molar-refractivity contribution in [2.45, 2.75) is 51.4 Å². The van der Waals surface area contributed by atoms with E-state index >= 15 is 0 Å². The lowest BCUT2D eigenvalue weighted by Crippen LogP contribution is -2.31. The Morgan fingerprint density at radius 1 is 1.29 bits per heavy atom. The van der Waals surface area contributed by atoms with Gasteiger partial charge in [0.25, 0.3) is 0 Å². The van der Waals surface area contributed by atoms with Gasteiger partial charge in [0, 0.05) is 24.8 Å². The number of imidazole rings is 1. The van der Waals surface area contributed by atoms with Crippen LogP contribution in [0.4, 0.5) is 0 Å². The van der Waals surface area contributed by atoms with Crippen LogP contribution in [0, 0.1) is 0 Å². The van der Waals surface area contributed by atoms with E-state index in [9.17, 15) is 0 Å². The minimum Gasteiger partial charge on any atom is -0.328 e. The molecule has 1 N–H and O–H groups in total. The molecular formula is C17H27N3S. The van der Waals surface area contributed by atoms with Gasteiger partial charge in [0.1, 0.15) is 5.82 Å². The zero-order chi connectivity index (χ0) is 15.2. The number of fused-ring (bicyclic) bond motifs is 1. The molecule has 0 amide bonds. The Hall–Kier alpha value is -1.00. The van der Waals surface area contributed by atoms with Gasteiger partial charge in [-0.3, -0.25) is 0 Å². The zero-order valence-corrected chi connectivity index (χ0v) is 14.4. The average Bonchev–Trinajstić information content (AvgIpc) is 2.81. The van der Waals surface area contributed by atoms with Crippen molar-refractivity contribution in [3.63, 3.8) is 0 Å². The van der Waals surface area contributed by atoms with E-state index in [1.807, 2.05) is 11.8 Å². The summed E-state index contributed by atoms with van der Waals surface area (Å²) < 4.78 is 2.39. The molecule has 1 aromatic carbocycles. The number of likely N-dealkylation sites (N-methyl/N-ethyl adjacent to an activating group) is 1.